The molecule has 0 aliphatic heterocycles. The quantitative estimate of drug-likeness (QED) is 0.106. The molecule has 0 spiro atoms. The first kappa shape index (κ1) is 32.2. The smallest absolute Gasteiger partial charge is 0.333 e. The summed E-state index contributed by atoms with van der Waals surface area (Å²) in [5, 5.41) is 0. The lowest BCUT2D eigenvalue weighted by Gasteiger charge is -2.49. The van der Waals surface area contributed by atoms with Crippen LogP contribution in [0.15, 0.2) is 121 Å². The van der Waals surface area contributed by atoms with Crippen LogP contribution in [0.3, 0.4) is 0 Å². The molecule has 0 saturated heterocycles. The number of nitrogens with zero attached hydrogens (tertiary/aromatic N) is 1. The number of fused-ring (bicyclic) bond motifs is 3. The number of para-hydroxylation sites is 1. The summed E-state index contributed by atoms with van der Waals surface area (Å²) in [6.45, 7) is 12.0. The minimum Gasteiger partial charge on any atom is -0.462 e. The number of hydrogen-bond acceptors (Lipinski definition) is 7. The van der Waals surface area contributed by atoms with E-state index in [9.17, 15) is 14.4 Å². The van der Waals surface area contributed by atoms with E-state index < -0.39 is 41.2 Å². The summed E-state index contributed by atoms with van der Waals surface area (Å²) < 4.78 is 17.2. The molecule has 2 atom stereocenters. The highest BCUT2D eigenvalue weighted by Crippen LogP contribution is 2.56. The lowest BCUT2D eigenvalue weighted by Crippen LogP contribution is -2.58. The summed E-state index contributed by atoms with van der Waals surface area (Å²) in [6.07, 6.45) is -1.15. The fourth-order valence-electron chi connectivity index (χ4n) is 6.29. The third-order valence-electron chi connectivity index (χ3n) is 7.91. The second-order valence-corrected chi connectivity index (χ2v) is 12.3. The van der Waals surface area contributed by atoms with E-state index in [0.29, 0.717) is 5.69 Å². The molecule has 46 heavy (non-hydrogen) atoms. The molecule has 4 aromatic carbocycles. The number of rotatable bonds is 10. The third-order valence-corrected chi connectivity index (χ3v) is 7.91. The van der Waals surface area contributed by atoms with Crippen molar-refractivity contribution in [1.82, 2.24) is 0 Å². The zero-order chi connectivity index (χ0) is 33.1. The van der Waals surface area contributed by atoms with Crippen LogP contribution in [0.1, 0.15) is 51.3 Å². The van der Waals surface area contributed by atoms with Crippen LogP contribution in [0, 0.1) is 0 Å². The number of ether oxygens (including phenoxy) is 3. The van der Waals surface area contributed by atoms with E-state index in [2.05, 4.69) is 30.8 Å². The highest BCUT2D eigenvalue weighted by Gasteiger charge is 2.54. The van der Waals surface area contributed by atoms with Crippen molar-refractivity contribution >= 4 is 23.6 Å². The van der Waals surface area contributed by atoms with Crippen molar-refractivity contribution in [2.75, 3.05) is 11.5 Å². The maximum Gasteiger partial charge on any atom is 0.333 e. The van der Waals surface area contributed by atoms with E-state index in [-0.39, 0.29) is 12.2 Å². The van der Waals surface area contributed by atoms with Crippen molar-refractivity contribution in [3.63, 3.8) is 0 Å². The summed E-state index contributed by atoms with van der Waals surface area (Å²) in [7, 11) is 0. The minimum absolute atomic E-state index is 0.201. The average molecular weight is 618 g/mol. The molecular formula is C39H39NO6. The first-order chi connectivity index (χ1) is 21.9. The number of benzene rings is 4. The molecule has 0 unspecified atom stereocenters. The summed E-state index contributed by atoms with van der Waals surface area (Å²) in [4.78, 5) is 41.1. The van der Waals surface area contributed by atoms with Crippen LogP contribution in [0.25, 0.3) is 11.1 Å². The van der Waals surface area contributed by atoms with Gasteiger partial charge in [-0.2, -0.15) is 0 Å². The monoisotopic (exact) mass is 617 g/mol. The van der Waals surface area contributed by atoms with Gasteiger partial charge >= 0.3 is 17.9 Å². The maximum atomic E-state index is 14.7. The molecule has 1 aliphatic rings. The molecular weight excluding hydrogens is 578 g/mol. The van der Waals surface area contributed by atoms with Gasteiger partial charge in [0.05, 0.1) is 0 Å². The van der Waals surface area contributed by atoms with Crippen molar-refractivity contribution < 1.29 is 28.6 Å². The van der Waals surface area contributed by atoms with Gasteiger partial charge in [-0.15, -0.1) is 0 Å². The van der Waals surface area contributed by atoms with Crippen molar-refractivity contribution in [2.45, 2.75) is 57.9 Å². The lowest BCUT2D eigenvalue weighted by atomic mass is 9.76. The predicted molar refractivity (Wildman–Crippen MR) is 178 cm³/mol. The van der Waals surface area contributed by atoms with Crippen LogP contribution < -0.4 is 4.90 Å². The summed E-state index contributed by atoms with van der Waals surface area (Å²) in [5.41, 5.74) is 3.81. The molecule has 0 fully saturated rings. The van der Waals surface area contributed by atoms with E-state index >= 15 is 0 Å². The summed E-state index contributed by atoms with van der Waals surface area (Å²) >= 11 is 0. The number of hydrogen-bond donors (Lipinski definition) is 0. The van der Waals surface area contributed by atoms with Crippen molar-refractivity contribution in [3.8, 4) is 11.1 Å². The Balaban J connectivity index is 1.89. The molecule has 0 bridgehead atoms. The minimum atomic E-state index is -1.22. The molecule has 4 aromatic rings. The highest BCUT2D eigenvalue weighted by molar-refractivity contribution is 5.91. The summed E-state index contributed by atoms with van der Waals surface area (Å²) in [5.74, 6) is -1.77. The molecule has 236 valence electrons. The molecule has 0 N–H and O–H groups in total. The lowest BCUT2D eigenvalue weighted by molar-refractivity contribution is -0.158. The predicted octanol–water partition coefficient (Wildman–Crippen LogP) is 7.23. The molecule has 0 heterocycles. The Bertz CT molecular complexity index is 1700. The van der Waals surface area contributed by atoms with E-state index in [0.717, 1.165) is 27.8 Å². The Morgan fingerprint density at radius 1 is 0.739 bits per heavy atom. The molecule has 7 heteroatoms. The van der Waals surface area contributed by atoms with Gasteiger partial charge in [0.1, 0.15) is 17.7 Å². The van der Waals surface area contributed by atoms with E-state index in [1.54, 1.807) is 20.8 Å². The van der Waals surface area contributed by atoms with Gasteiger partial charge < -0.3 is 19.1 Å². The van der Waals surface area contributed by atoms with Crippen molar-refractivity contribution in [2.24, 2.45) is 0 Å². The number of esters is 3. The van der Waals surface area contributed by atoms with Crippen LogP contribution in [-0.4, -0.2) is 42.3 Å². The SMILES string of the molecule is C=C([C@@H](C(=O)OC(C)(C)C)N(c1ccccc1)C1(c2ccccc2)c2ccccc2-c2ccccc21)[C@@H](COC(C)=O)OC(C)=O. The zero-order valence-electron chi connectivity index (χ0n) is 26.9. The molecule has 1 aliphatic carbocycles. The topological polar surface area (TPSA) is 82.1 Å². The van der Waals surface area contributed by atoms with Crippen LogP contribution >= 0.6 is 0 Å². The van der Waals surface area contributed by atoms with Crippen LogP contribution in [0.4, 0.5) is 5.69 Å². The van der Waals surface area contributed by atoms with Gasteiger partial charge in [-0.25, -0.2) is 4.79 Å². The standard InChI is InChI=1S/C39H39NO6/c1-26(35(45-28(3)42)25-44-27(2)41)36(37(43)46-38(4,5)6)40(30-19-11-8-12-20-30)39(29-17-9-7-10-18-29)33-23-15-13-21-31(33)32-22-14-16-24-34(32)39/h7-24,35-36H,1,25H2,2-6H3/t35-,36+/m1/s1. The van der Waals surface area contributed by atoms with Gasteiger partial charge in [0.2, 0.25) is 0 Å². The molecule has 5 rings (SSSR count). The largest absolute Gasteiger partial charge is 0.462 e. The van der Waals surface area contributed by atoms with Crippen LogP contribution in [0.2, 0.25) is 0 Å². The van der Waals surface area contributed by atoms with Crippen LogP contribution in [0.5, 0.6) is 0 Å². The van der Waals surface area contributed by atoms with Crippen molar-refractivity contribution in [3.05, 3.63) is 138 Å². The average Bonchev–Trinajstić information content (AvgIpc) is 3.32. The number of carbonyl (C=O) groups is 3. The second-order valence-electron chi connectivity index (χ2n) is 12.3. The van der Waals surface area contributed by atoms with Gasteiger partial charge in [0.15, 0.2) is 12.1 Å². The second kappa shape index (κ2) is 13.1. The fraction of sp³-hybridized carbons (Fsp3) is 0.256. The Labute approximate surface area is 270 Å². The first-order valence-electron chi connectivity index (χ1n) is 15.3. The maximum absolute atomic E-state index is 14.7. The molecule has 0 amide bonds. The number of anilines is 1. The van der Waals surface area contributed by atoms with E-state index in [1.165, 1.54) is 13.8 Å². The van der Waals surface area contributed by atoms with Gasteiger partial charge in [-0.3, -0.25) is 9.59 Å². The van der Waals surface area contributed by atoms with Gasteiger partial charge in [-0.05, 0) is 60.7 Å². The zero-order valence-corrected chi connectivity index (χ0v) is 26.9. The Hall–Kier alpha value is -5.17. The van der Waals surface area contributed by atoms with Gasteiger partial charge in [-0.1, -0.05) is 104 Å². The van der Waals surface area contributed by atoms with Crippen molar-refractivity contribution in [1.29, 1.82) is 0 Å². The first-order valence-corrected chi connectivity index (χ1v) is 15.3. The van der Waals surface area contributed by atoms with E-state index in [4.69, 9.17) is 14.2 Å². The number of carbonyl (C=O) groups excluding carboxylic acids is 3. The molecule has 7 nitrogen and oxygen atoms in total. The van der Waals surface area contributed by atoms with Crippen LogP contribution in [-0.2, 0) is 34.1 Å². The molecule has 0 saturated carbocycles. The third kappa shape index (κ3) is 6.18. The Kier molecular flexibility index (Phi) is 9.15. The van der Waals surface area contributed by atoms with E-state index in [1.807, 2.05) is 89.8 Å². The summed E-state index contributed by atoms with van der Waals surface area (Å²) in [6, 6.07) is 34.7. The van der Waals surface area contributed by atoms with Gasteiger partial charge in [0.25, 0.3) is 0 Å². The Morgan fingerprint density at radius 2 is 1.24 bits per heavy atom. The normalized spacial score (nSPS) is 14.2. The fourth-order valence-corrected chi connectivity index (χ4v) is 6.29. The van der Waals surface area contributed by atoms with Gasteiger partial charge in [0, 0.05) is 25.1 Å². The Morgan fingerprint density at radius 3 is 1.74 bits per heavy atom. The molecule has 0 radical (unpaired) electrons. The highest BCUT2D eigenvalue weighted by atomic mass is 16.6. The molecule has 0 aromatic heterocycles.